The third-order valence-electron chi connectivity index (χ3n) is 6.35. The number of fused-ring (bicyclic) bond motifs is 2. The predicted octanol–water partition coefficient (Wildman–Crippen LogP) is 6.06. The Labute approximate surface area is 202 Å². The number of nitrogens with zero attached hydrogens (tertiary/aromatic N) is 2. The highest BCUT2D eigenvalue weighted by Crippen LogP contribution is 2.48. The zero-order valence-corrected chi connectivity index (χ0v) is 19.7. The summed E-state index contributed by atoms with van der Waals surface area (Å²) < 4.78 is 16.7. The number of benzene rings is 3. The summed E-state index contributed by atoms with van der Waals surface area (Å²) in [6.45, 7) is 1.98. The van der Waals surface area contributed by atoms with E-state index in [1.165, 1.54) is 21.7 Å². The molecule has 0 unspecified atom stereocenters. The van der Waals surface area contributed by atoms with E-state index in [1.807, 2.05) is 36.2 Å². The molecule has 0 bridgehead atoms. The zero-order chi connectivity index (χ0) is 22.9. The Morgan fingerprint density at radius 1 is 1.06 bits per heavy atom. The van der Waals surface area contributed by atoms with E-state index in [0.717, 1.165) is 48.0 Å². The van der Waals surface area contributed by atoms with E-state index in [0.29, 0.717) is 12.0 Å². The summed E-state index contributed by atoms with van der Waals surface area (Å²) in [6.07, 6.45) is 2.94. The fraction of sp³-hybridized carbons (Fsp3) is 0.222. The molecular formula is C27H25N3O3S. The molecule has 2 aliphatic heterocycles. The fourth-order valence-corrected chi connectivity index (χ4v) is 5.90. The Kier molecular flexibility index (Phi) is 5.55. The van der Waals surface area contributed by atoms with Gasteiger partial charge in [-0.3, -0.25) is 5.10 Å². The molecule has 4 aromatic rings. The highest BCUT2D eigenvalue weighted by Gasteiger charge is 2.26. The van der Waals surface area contributed by atoms with Crippen molar-refractivity contribution in [2.45, 2.75) is 23.1 Å². The van der Waals surface area contributed by atoms with Crippen LogP contribution in [0.2, 0.25) is 0 Å². The van der Waals surface area contributed by atoms with Gasteiger partial charge in [-0.1, -0.05) is 36.4 Å². The second-order valence-electron chi connectivity index (χ2n) is 8.40. The standard InChI is InChI=1S/C27H25N3O3S/c1-31-21-8-9-22-26(14-21)34-25(19-7-10-23-24(13-19)33-17-32-23)11-12-30(22)16-20-15-28-29-27(20)18-5-3-2-4-6-18/h2-10,13-15,25H,11-12,16-17H2,1H3,(H,28,29)/t25-/m1/s1. The third kappa shape index (κ3) is 3.96. The Balaban J connectivity index is 1.33. The quantitative estimate of drug-likeness (QED) is 0.382. The molecule has 2 aliphatic rings. The number of nitrogens with one attached hydrogen (secondary N) is 1. The minimum Gasteiger partial charge on any atom is -0.497 e. The largest absolute Gasteiger partial charge is 0.497 e. The van der Waals surface area contributed by atoms with E-state index in [9.17, 15) is 0 Å². The Morgan fingerprint density at radius 2 is 1.94 bits per heavy atom. The van der Waals surface area contributed by atoms with Crippen LogP contribution in [0.15, 0.2) is 77.8 Å². The Bertz CT molecular complexity index is 1310. The number of rotatable bonds is 5. The van der Waals surface area contributed by atoms with Crippen molar-refractivity contribution in [2.75, 3.05) is 25.3 Å². The summed E-state index contributed by atoms with van der Waals surface area (Å²) in [5.74, 6) is 2.52. The first-order valence-corrected chi connectivity index (χ1v) is 12.2. The molecule has 1 atom stereocenters. The molecule has 0 radical (unpaired) electrons. The van der Waals surface area contributed by atoms with Gasteiger partial charge < -0.3 is 19.1 Å². The topological polar surface area (TPSA) is 59.6 Å². The molecule has 3 heterocycles. The second kappa shape index (κ2) is 8.99. The summed E-state index contributed by atoms with van der Waals surface area (Å²) in [5.41, 5.74) is 5.86. The second-order valence-corrected chi connectivity index (χ2v) is 9.64. The lowest BCUT2D eigenvalue weighted by molar-refractivity contribution is 0.174. The van der Waals surface area contributed by atoms with E-state index in [2.05, 4.69) is 63.6 Å². The maximum Gasteiger partial charge on any atom is 0.231 e. The smallest absolute Gasteiger partial charge is 0.231 e. The number of H-pyrrole nitrogens is 1. The molecule has 0 saturated carbocycles. The minimum absolute atomic E-state index is 0.291. The van der Waals surface area contributed by atoms with Crippen LogP contribution in [0.5, 0.6) is 17.2 Å². The van der Waals surface area contributed by atoms with Crippen LogP contribution in [0.4, 0.5) is 5.69 Å². The van der Waals surface area contributed by atoms with E-state index in [4.69, 9.17) is 14.2 Å². The number of thioether (sulfide) groups is 1. The highest BCUT2D eigenvalue weighted by atomic mass is 32.2. The Hall–Kier alpha value is -3.58. The number of anilines is 1. The minimum atomic E-state index is 0.291. The molecule has 1 N–H and O–H groups in total. The number of aromatic amines is 1. The van der Waals surface area contributed by atoms with Gasteiger partial charge >= 0.3 is 0 Å². The molecule has 0 fully saturated rings. The van der Waals surface area contributed by atoms with Crippen molar-refractivity contribution in [1.29, 1.82) is 0 Å². The first kappa shape index (κ1) is 21.0. The highest BCUT2D eigenvalue weighted by molar-refractivity contribution is 7.99. The van der Waals surface area contributed by atoms with Crippen molar-refractivity contribution in [1.82, 2.24) is 10.2 Å². The summed E-state index contributed by atoms with van der Waals surface area (Å²) in [6, 6.07) is 23.0. The Morgan fingerprint density at radius 3 is 2.82 bits per heavy atom. The molecule has 0 aliphatic carbocycles. The van der Waals surface area contributed by atoms with Crippen molar-refractivity contribution in [3.05, 3.63) is 84.1 Å². The van der Waals surface area contributed by atoms with Gasteiger partial charge in [0.2, 0.25) is 6.79 Å². The van der Waals surface area contributed by atoms with Gasteiger partial charge in [-0.2, -0.15) is 5.10 Å². The third-order valence-corrected chi connectivity index (χ3v) is 7.72. The van der Waals surface area contributed by atoms with Crippen LogP contribution in [0.1, 0.15) is 22.8 Å². The van der Waals surface area contributed by atoms with Gasteiger partial charge in [0.15, 0.2) is 11.5 Å². The molecule has 0 spiro atoms. The number of ether oxygens (including phenoxy) is 3. The normalized spacial score (nSPS) is 16.7. The van der Waals surface area contributed by atoms with Gasteiger partial charge in [0.25, 0.3) is 0 Å². The van der Waals surface area contributed by atoms with E-state index in [-0.39, 0.29) is 0 Å². The molecule has 6 rings (SSSR count). The van der Waals surface area contributed by atoms with Gasteiger partial charge in [-0.05, 0) is 47.9 Å². The summed E-state index contributed by atoms with van der Waals surface area (Å²) >= 11 is 1.88. The summed E-state index contributed by atoms with van der Waals surface area (Å²) in [7, 11) is 1.72. The van der Waals surface area contributed by atoms with Gasteiger partial charge in [-0.15, -0.1) is 11.8 Å². The van der Waals surface area contributed by atoms with Gasteiger partial charge in [0.1, 0.15) is 5.75 Å². The molecule has 172 valence electrons. The molecule has 1 aromatic heterocycles. The zero-order valence-electron chi connectivity index (χ0n) is 18.9. The number of hydrogen-bond donors (Lipinski definition) is 1. The van der Waals surface area contributed by atoms with E-state index in [1.54, 1.807) is 7.11 Å². The fourth-order valence-electron chi connectivity index (χ4n) is 4.59. The first-order valence-electron chi connectivity index (χ1n) is 11.4. The van der Waals surface area contributed by atoms with Crippen molar-refractivity contribution >= 4 is 17.4 Å². The lowest BCUT2D eigenvalue weighted by Gasteiger charge is -2.25. The maximum atomic E-state index is 5.64. The van der Waals surface area contributed by atoms with E-state index < -0.39 is 0 Å². The van der Waals surface area contributed by atoms with E-state index >= 15 is 0 Å². The maximum absolute atomic E-state index is 5.64. The lowest BCUT2D eigenvalue weighted by Crippen LogP contribution is -2.24. The van der Waals surface area contributed by atoms with Crippen LogP contribution in [-0.4, -0.2) is 30.6 Å². The molecule has 3 aromatic carbocycles. The molecule has 34 heavy (non-hydrogen) atoms. The van der Waals surface area contributed by atoms with Crippen LogP contribution in [0, 0.1) is 0 Å². The number of aromatic nitrogens is 2. The van der Waals surface area contributed by atoms with Crippen molar-refractivity contribution in [3.8, 4) is 28.5 Å². The average Bonchev–Trinajstić information content (AvgIpc) is 3.51. The van der Waals surface area contributed by atoms with Crippen LogP contribution in [0.3, 0.4) is 0 Å². The number of hydrogen-bond acceptors (Lipinski definition) is 6. The lowest BCUT2D eigenvalue weighted by atomic mass is 10.1. The molecule has 7 heteroatoms. The van der Waals surface area contributed by atoms with Crippen LogP contribution < -0.4 is 19.1 Å². The van der Waals surface area contributed by atoms with Crippen LogP contribution in [0.25, 0.3) is 11.3 Å². The van der Waals surface area contributed by atoms with Crippen molar-refractivity contribution in [2.24, 2.45) is 0 Å². The molecule has 6 nitrogen and oxygen atoms in total. The van der Waals surface area contributed by atoms with Crippen molar-refractivity contribution < 1.29 is 14.2 Å². The van der Waals surface area contributed by atoms with Gasteiger partial charge in [-0.25, -0.2) is 0 Å². The van der Waals surface area contributed by atoms with Crippen LogP contribution in [-0.2, 0) is 6.54 Å². The van der Waals surface area contributed by atoms with Crippen molar-refractivity contribution in [3.63, 3.8) is 0 Å². The van der Waals surface area contributed by atoms with Gasteiger partial charge in [0, 0.05) is 28.8 Å². The monoisotopic (exact) mass is 471 g/mol. The predicted molar refractivity (Wildman–Crippen MR) is 134 cm³/mol. The molecule has 0 amide bonds. The average molecular weight is 472 g/mol. The summed E-state index contributed by atoms with van der Waals surface area (Å²) in [5, 5.41) is 7.86. The first-order chi connectivity index (χ1) is 16.8. The summed E-state index contributed by atoms with van der Waals surface area (Å²) in [4.78, 5) is 3.66. The SMILES string of the molecule is COc1ccc2c(c1)S[C@@H](c1ccc3c(c1)OCO3)CCN2Cc1cn[nH]c1-c1ccccc1. The molecular weight excluding hydrogens is 446 g/mol. The number of methoxy groups -OCH3 is 1. The molecule has 0 saturated heterocycles. The van der Waals surface area contributed by atoms with Crippen LogP contribution >= 0.6 is 11.8 Å². The van der Waals surface area contributed by atoms with Gasteiger partial charge in [0.05, 0.1) is 24.7 Å².